The van der Waals surface area contributed by atoms with Gasteiger partial charge in [0.05, 0.1) is 5.56 Å². The Morgan fingerprint density at radius 3 is 2.17 bits per heavy atom. The predicted octanol–water partition coefficient (Wildman–Crippen LogP) is 3.98. The van der Waals surface area contributed by atoms with Crippen LogP contribution in [0.5, 0.6) is 17.2 Å². The van der Waals surface area contributed by atoms with Crippen LogP contribution in [0.25, 0.3) is 11.1 Å². The van der Waals surface area contributed by atoms with Crippen molar-refractivity contribution < 1.29 is 19.7 Å². The molecule has 114 valence electrons. The van der Waals surface area contributed by atoms with Crippen LogP contribution in [0, 0.1) is 0 Å². The second-order valence-electron chi connectivity index (χ2n) is 4.96. The van der Waals surface area contributed by atoms with Crippen molar-refractivity contribution >= 4 is 5.97 Å². The van der Waals surface area contributed by atoms with Crippen molar-refractivity contribution in [1.29, 1.82) is 0 Å². The summed E-state index contributed by atoms with van der Waals surface area (Å²) in [5.74, 6) is -0.548. The molecule has 4 nitrogen and oxygen atoms in total. The van der Waals surface area contributed by atoms with Crippen LogP contribution >= 0.6 is 0 Å². The van der Waals surface area contributed by atoms with Gasteiger partial charge in [0.1, 0.15) is 5.75 Å². The van der Waals surface area contributed by atoms with Crippen LogP contribution in [-0.4, -0.2) is 16.2 Å². The summed E-state index contributed by atoms with van der Waals surface area (Å²) in [7, 11) is 0. The third kappa shape index (κ3) is 3.16. The van der Waals surface area contributed by atoms with E-state index in [0.29, 0.717) is 5.56 Å². The van der Waals surface area contributed by atoms with Gasteiger partial charge in [-0.05, 0) is 35.9 Å². The number of hydrogen-bond donors (Lipinski definition) is 2. The number of hydrogen-bond acceptors (Lipinski definition) is 4. The summed E-state index contributed by atoms with van der Waals surface area (Å²) in [5, 5.41) is 19.3. The maximum Gasteiger partial charge on any atom is 0.343 e. The van der Waals surface area contributed by atoms with Gasteiger partial charge in [-0.3, -0.25) is 0 Å². The summed E-state index contributed by atoms with van der Waals surface area (Å²) in [4.78, 5) is 12.2. The summed E-state index contributed by atoms with van der Waals surface area (Å²) in [6.45, 7) is 0. The highest BCUT2D eigenvalue weighted by Crippen LogP contribution is 2.37. The Labute approximate surface area is 133 Å². The van der Waals surface area contributed by atoms with E-state index in [0.717, 1.165) is 5.56 Å². The molecular weight excluding hydrogens is 292 g/mol. The molecule has 0 atom stereocenters. The molecule has 3 aromatic carbocycles. The minimum absolute atomic E-state index is 0.0640. The van der Waals surface area contributed by atoms with Crippen molar-refractivity contribution in [2.24, 2.45) is 0 Å². The zero-order valence-electron chi connectivity index (χ0n) is 12.1. The van der Waals surface area contributed by atoms with Gasteiger partial charge < -0.3 is 14.9 Å². The highest BCUT2D eigenvalue weighted by atomic mass is 16.5. The van der Waals surface area contributed by atoms with E-state index in [4.69, 9.17) is 4.74 Å². The molecule has 0 heterocycles. The third-order valence-corrected chi connectivity index (χ3v) is 3.38. The quantitative estimate of drug-likeness (QED) is 0.567. The predicted molar refractivity (Wildman–Crippen MR) is 86.6 cm³/mol. The number of ether oxygens (including phenoxy) is 1. The van der Waals surface area contributed by atoms with Gasteiger partial charge in [0, 0.05) is 5.56 Å². The molecule has 0 aliphatic heterocycles. The van der Waals surface area contributed by atoms with Gasteiger partial charge in [0.2, 0.25) is 0 Å². The van der Waals surface area contributed by atoms with Crippen molar-refractivity contribution in [1.82, 2.24) is 0 Å². The Balaban J connectivity index is 1.97. The summed E-state index contributed by atoms with van der Waals surface area (Å²) in [6, 6.07) is 20.0. The number of esters is 1. The molecule has 0 saturated carbocycles. The summed E-state index contributed by atoms with van der Waals surface area (Å²) in [5.41, 5.74) is 1.74. The van der Waals surface area contributed by atoms with Crippen molar-refractivity contribution in [3.63, 3.8) is 0 Å². The number of phenolic OH excluding ortho intramolecular Hbond substituents is 2. The van der Waals surface area contributed by atoms with E-state index >= 15 is 0 Å². The number of aromatic hydroxyl groups is 2. The van der Waals surface area contributed by atoms with E-state index in [1.165, 1.54) is 30.3 Å². The van der Waals surface area contributed by atoms with E-state index in [-0.39, 0.29) is 22.8 Å². The number of rotatable bonds is 3. The first-order chi connectivity index (χ1) is 11.1. The first-order valence-corrected chi connectivity index (χ1v) is 7.04. The zero-order chi connectivity index (χ0) is 16.2. The fourth-order valence-electron chi connectivity index (χ4n) is 2.23. The Morgan fingerprint density at radius 1 is 0.783 bits per heavy atom. The third-order valence-electron chi connectivity index (χ3n) is 3.38. The highest BCUT2D eigenvalue weighted by Gasteiger charge is 2.16. The van der Waals surface area contributed by atoms with E-state index in [2.05, 4.69) is 0 Å². The molecule has 0 fully saturated rings. The second-order valence-corrected chi connectivity index (χ2v) is 4.96. The second kappa shape index (κ2) is 6.23. The Hall–Kier alpha value is -3.27. The molecule has 0 aliphatic rings. The minimum atomic E-state index is -0.608. The lowest BCUT2D eigenvalue weighted by atomic mass is 10.0. The molecule has 0 spiro atoms. The molecule has 0 bridgehead atoms. The van der Waals surface area contributed by atoms with Crippen molar-refractivity contribution in [3.05, 3.63) is 78.4 Å². The van der Waals surface area contributed by atoms with E-state index in [1.807, 2.05) is 30.3 Å². The molecule has 0 saturated heterocycles. The molecule has 0 unspecified atom stereocenters. The minimum Gasteiger partial charge on any atom is -0.508 e. The summed E-state index contributed by atoms with van der Waals surface area (Å²) < 4.78 is 5.39. The molecule has 4 heteroatoms. The Morgan fingerprint density at radius 2 is 1.48 bits per heavy atom. The Bertz CT molecular complexity index is 824. The number of benzene rings is 3. The highest BCUT2D eigenvalue weighted by molar-refractivity contribution is 5.93. The number of para-hydroxylation sites is 1. The molecule has 3 aromatic rings. The van der Waals surface area contributed by atoms with E-state index in [1.54, 1.807) is 12.1 Å². The SMILES string of the molecule is O=C(Oc1c(O)cccc1-c1ccccc1)c1ccc(O)cc1. The molecule has 2 N–H and O–H groups in total. The smallest absolute Gasteiger partial charge is 0.343 e. The fraction of sp³-hybridized carbons (Fsp3) is 0. The summed E-state index contributed by atoms with van der Waals surface area (Å²) >= 11 is 0. The first-order valence-electron chi connectivity index (χ1n) is 7.04. The molecule has 0 aromatic heterocycles. The lowest BCUT2D eigenvalue weighted by molar-refractivity contribution is 0.0730. The normalized spacial score (nSPS) is 10.3. The summed E-state index contributed by atoms with van der Waals surface area (Å²) in [6.07, 6.45) is 0. The van der Waals surface area contributed by atoms with Crippen LogP contribution in [0.1, 0.15) is 10.4 Å². The maximum atomic E-state index is 12.2. The molecule has 0 radical (unpaired) electrons. The number of phenols is 2. The van der Waals surface area contributed by atoms with Crippen LogP contribution < -0.4 is 4.74 Å². The van der Waals surface area contributed by atoms with Crippen molar-refractivity contribution in [3.8, 4) is 28.4 Å². The van der Waals surface area contributed by atoms with Gasteiger partial charge in [-0.2, -0.15) is 0 Å². The largest absolute Gasteiger partial charge is 0.508 e. The van der Waals surface area contributed by atoms with Crippen LogP contribution in [0.3, 0.4) is 0 Å². The van der Waals surface area contributed by atoms with Gasteiger partial charge in [-0.25, -0.2) is 4.79 Å². The topological polar surface area (TPSA) is 66.8 Å². The molecule has 0 aliphatic carbocycles. The van der Waals surface area contributed by atoms with Crippen LogP contribution in [0.15, 0.2) is 72.8 Å². The van der Waals surface area contributed by atoms with Gasteiger partial charge in [-0.1, -0.05) is 42.5 Å². The monoisotopic (exact) mass is 306 g/mol. The standard InChI is InChI=1S/C19H14O4/c20-15-11-9-14(10-12-15)19(22)23-18-16(7-4-8-17(18)21)13-5-2-1-3-6-13/h1-12,20-21H. The first kappa shape index (κ1) is 14.7. The molecule has 3 rings (SSSR count). The average Bonchev–Trinajstić information content (AvgIpc) is 2.58. The molecule has 0 amide bonds. The number of carbonyl (C=O) groups is 1. The van der Waals surface area contributed by atoms with Gasteiger partial charge in [0.25, 0.3) is 0 Å². The lowest BCUT2D eigenvalue weighted by Crippen LogP contribution is -2.09. The van der Waals surface area contributed by atoms with Crippen LogP contribution in [0.4, 0.5) is 0 Å². The van der Waals surface area contributed by atoms with Crippen LogP contribution in [0.2, 0.25) is 0 Å². The van der Waals surface area contributed by atoms with E-state index < -0.39 is 5.97 Å². The maximum absolute atomic E-state index is 12.2. The van der Waals surface area contributed by atoms with Crippen molar-refractivity contribution in [2.45, 2.75) is 0 Å². The van der Waals surface area contributed by atoms with Crippen LogP contribution in [-0.2, 0) is 0 Å². The van der Waals surface area contributed by atoms with Gasteiger partial charge in [0.15, 0.2) is 11.5 Å². The van der Waals surface area contributed by atoms with Crippen molar-refractivity contribution in [2.75, 3.05) is 0 Å². The zero-order valence-corrected chi connectivity index (χ0v) is 12.1. The molecule has 23 heavy (non-hydrogen) atoms. The average molecular weight is 306 g/mol. The lowest BCUT2D eigenvalue weighted by Gasteiger charge is -2.12. The van der Waals surface area contributed by atoms with Gasteiger partial charge >= 0.3 is 5.97 Å². The van der Waals surface area contributed by atoms with Gasteiger partial charge in [-0.15, -0.1) is 0 Å². The molecular formula is C19H14O4. The van der Waals surface area contributed by atoms with E-state index in [9.17, 15) is 15.0 Å². The Kier molecular flexibility index (Phi) is 3.97. The number of carbonyl (C=O) groups excluding carboxylic acids is 1. The fourth-order valence-corrected chi connectivity index (χ4v) is 2.23.